The van der Waals surface area contributed by atoms with Crippen molar-refractivity contribution in [2.75, 3.05) is 6.54 Å². The molecule has 7 nitrogen and oxygen atoms in total. The lowest BCUT2D eigenvalue weighted by Gasteiger charge is -2.17. The maximum absolute atomic E-state index is 12.9. The van der Waals surface area contributed by atoms with Gasteiger partial charge in [0.1, 0.15) is 11.6 Å². The van der Waals surface area contributed by atoms with Crippen molar-refractivity contribution in [2.45, 2.75) is 31.9 Å². The minimum Gasteiger partial charge on any atom is -0.478 e. The summed E-state index contributed by atoms with van der Waals surface area (Å²) in [5.41, 5.74) is 1.33. The van der Waals surface area contributed by atoms with E-state index in [-0.39, 0.29) is 18.2 Å². The zero-order valence-electron chi connectivity index (χ0n) is 13.4. The largest absolute Gasteiger partial charge is 0.478 e. The Balaban J connectivity index is 1.63. The zero-order valence-corrected chi connectivity index (χ0v) is 13.4. The smallest absolute Gasteiger partial charge is 0.346 e. The van der Waals surface area contributed by atoms with Crippen LogP contribution in [0.5, 0.6) is 5.75 Å². The van der Waals surface area contributed by atoms with Crippen LogP contribution in [0.3, 0.4) is 0 Å². The van der Waals surface area contributed by atoms with E-state index in [0.29, 0.717) is 5.56 Å². The minimum atomic E-state index is -1.28. The van der Waals surface area contributed by atoms with Crippen LogP contribution in [0.1, 0.15) is 28.9 Å². The van der Waals surface area contributed by atoms with Gasteiger partial charge in [-0.25, -0.2) is 9.18 Å². The highest BCUT2D eigenvalue weighted by atomic mass is 19.1. The van der Waals surface area contributed by atoms with E-state index in [9.17, 15) is 19.1 Å². The molecule has 0 aliphatic carbocycles. The Morgan fingerprint density at radius 2 is 2.08 bits per heavy atom. The van der Waals surface area contributed by atoms with Crippen molar-refractivity contribution in [3.63, 3.8) is 0 Å². The van der Waals surface area contributed by atoms with Gasteiger partial charge in [-0.15, -0.1) is 0 Å². The zero-order chi connectivity index (χ0) is 17.8. The Morgan fingerprint density at radius 1 is 1.32 bits per heavy atom. The van der Waals surface area contributed by atoms with Crippen LogP contribution in [0.25, 0.3) is 0 Å². The quantitative estimate of drug-likeness (QED) is 0.828. The molecular weight excluding hydrogens is 329 g/mol. The van der Waals surface area contributed by atoms with Gasteiger partial charge in [0.25, 0.3) is 5.91 Å². The molecule has 1 aromatic carbocycles. The lowest BCUT2D eigenvalue weighted by atomic mass is 10.1. The number of carbonyl (C=O) groups excluding carboxylic acids is 1. The highest BCUT2D eigenvalue weighted by Crippen LogP contribution is 2.18. The van der Waals surface area contributed by atoms with Gasteiger partial charge >= 0.3 is 5.97 Å². The normalized spacial score (nSPS) is 14.4. The van der Waals surface area contributed by atoms with Gasteiger partial charge < -0.3 is 15.2 Å². The van der Waals surface area contributed by atoms with Gasteiger partial charge in [-0.05, 0) is 43.5 Å². The number of benzene rings is 1. The lowest BCUT2D eigenvalue weighted by molar-refractivity contribution is -0.144. The SMILES string of the molecule is O=C(NCC(Oc1ccc(F)cc1)C(=O)O)c1cnn2c1CCCC2. The maximum Gasteiger partial charge on any atom is 0.346 e. The van der Waals surface area contributed by atoms with Crippen LogP contribution in [0.4, 0.5) is 4.39 Å². The molecule has 0 saturated carbocycles. The van der Waals surface area contributed by atoms with Crippen LogP contribution in [-0.2, 0) is 17.8 Å². The fraction of sp³-hybridized carbons (Fsp3) is 0.353. The number of rotatable bonds is 6. The van der Waals surface area contributed by atoms with Crippen molar-refractivity contribution in [2.24, 2.45) is 0 Å². The van der Waals surface area contributed by atoms with E-state index in [1.165, 1.54) is 30.5 Å². The molecule has 2 heterocycles. The Kier molecular flexibility index (Phi) is 4.97. The number of hydrogen-bond donors (Lipinski definition) is 2. The molecule has 2 aromatic rings. The molecule has 0 spiro atoms. The first-order chi connectivity index (χ1) is 12.0. The van der Waals surface area contributed by atoms with Gasteiger partial charge in [-0.3, -0.25) is 9.48 Å². The van der Waals surface area contributed by atoms with Crippen molar-refractivity contribution in [1.29, 1.82) is 0 Å². The van der Waals surface area contributed by atoms with Crippen molar-refractivity contribution in [3.8, 4) is 5.75 Å². The molecule has 25 heavy (non-hydrogen) atoms. The average Bonchev–Trinajstić information content (AvgIpc) is 3.04. The average molecular weight is 347 g/mol. The molecule has 1 atom stereocenters. The summed E-state index contributed by atoms with van der Waals surface area (Å²) in [5.74, 6) is -1.83. The number of ether oxygens (including phenoxy) is 1. The molecule has 1 unspecified atom stereocenters. The lowest BCUT2D eigenvalue weighted by Crippen LogP contribution is -2.40. The summed E-state index contributed by atoms with van der Waals surface area (Å²) in [6.07, 6.45) is 3.03. The Hall–Kier alpha value is -2.90. The molecule has 132 valence electrons. The number of amides is 1. The number of carboxylic acid groups (broad SMARTS) is 1. The van der Waals surface area contributed by atoms with Crippen LogP contribution in [-0.4, -0.2) is 39.4 Å². The van der Waals surface area contributed by atoms with Crippen LogP contribution in [0.2, 0.25) is 0 Å². The van der Waals surface area contributed by atoms with Gasteiger partial charge in [-0.1, -0.05) is 0 Å². The van der Waals surface area contributed by atoms with Crippen molar-refractivity contribution < 1.29 is 23.8 Å². The molecule has 1 amide bonds. The van der Waals surface area contributed by atoms with Crippen molar-refractivity contribution in [3.05, 3.63) is 47.5 Å². The fourth-order valence-corrected chi connectivity index (χ4v) is 2.75. The molecule has 3 rings (SSSR count). The monoisotopic (exact) mass is 347 g/mol. The number of nitrogens with zero attached hydrogens (tertiary/aromatic N) is 2. The summed E-state index contributed by atoms with van der Waals surface area (Å²) < 4.78 is 20.0. The number of carboxylic acids is 1. The van der Waals surface area contributed by atoms with Crippen molar-refractivity contribution >= 4 is 11.9 Å². The van der Waals surface area contributed by atoms with Crippen molar-refractivity contribution in [1.82, 2.24) is 15.1 Å². The third-order valence-corrected chi connectivity index (χ3v) is 4.04. The topological polar surface area (TPSA) is 93.4 Å². The fourth-order valence-electron chi connectivity index (χ4n) is 2.75. The number of aryl methyl sites for hydroxylation is 1. The highest BCUT2D eigenvalue weighted by Gasteiger charge is 2.24. The summed E-state index contributed by atoms with van der Waals surface area (Å²) in [5, 5.41) is 16.0. The number of aromatic nitrogens is 2. The van der Waals surface area contributed by atoms with Gasteiger partial charge in [0.15, 0.2) is 0 Å². The number of hydrogen-bond acceptors (Lipinski definition) is 4. The molecule has 0 saturated heterocycles. The van der Waals surface area contributed by atoms with Gasteiger partial charge in [0, 0.05) is 6.54 Å². The molecule has 1 aromatic heterocycles. The molecular formula is C17H18FN3O4. The first kappa shape index (κ1) is 16.9. The molecule has 1 aliphatic rings. The van der Waals surface area contributed by atoms with Crippen LogP contribution in [0, 0.1) is 5.82 Å². The van der Waals surface area contributed by atoms with E-state index in [2.05, 4.69) is 10.4 Å². The predicted molar refractivity (Wildman–Crippen MR) is 86.0 cm³/mol. The van der Waals surface area contributed by atoms with E-state index < -0.39 is 17.9 Å². The number of nitrogens with one attached hydrogen (secondary N) is 1. The predicted octanol–water partition coefficient (Wildman–Crippen LogP) is 1.62. The van der Waals surface area contributed by atoms with Gasteiger partial charge in [-0.2, -0.15) is 5.10 Å². The summed E-state index contributed by atoms with van der Waals surface area (Å²) in [7, 11) is 0. The van der Waals surface area contributed by atoms with E-state index in [1.54, 1.807) is 0 Å². The van der Waals surface area contributed by atoms with E-state index >= 15 is 0 Å². The first-order valence-corrected chi connectivity index (χ1v) is 8.02. The first-order valence-electron chi connectivity index (χ1n) is 8.02. The molecule has 0 fully saturated rings. The molecule has 8 heteroatoms. The molecule has 1 aliphatic heterocycles. The molecule has 0 bridgehead atoms. The van der Waals surface area contributed by atoms with E-state index in [0.717, 1.165) is 31.5 Å². The van der Waals surface area contributed by atoms with Crippen LogP contribution < -0.4 is 10.1 Å². The van der Waals surface area contributed by atoms with E-state index in [1.807, 2.05) is 4.68 Å². The summed E-state index contributed by atoms with van der Waals surface area (Å²) in [6.45, 7) is 0.574. The van der Waals surface area contributed by atoms with E-state index in [4.69, 9.17) is 4.74 Å². The minimum absolute atomic E-state index is 0.212. The summed E-state index contributed by atoms with van der Waals surface area (Å²) in [6, 6.07) is 5.01. The second-order valence-electron chi connectivity index (χ2n) is 5.79. The Morgan fingerprint density at radius 3 is 2.80 bits per heavy atom. The summed E-state index contributed by atoms with van der Waals surface area (Å²) in [4.78, 5) is 23.7. The number of halogens is 1. The van der Waals surface area contributed by atoms with Gasteiger partial charge in [0.05, 0.1) is 24.0 Å². The number of aliphatic carboxylic acids is 1. The van der Waals surface area contributed by atoms with Crippen LogP contribution in [0.15, 0.2) is 30.5 Å². The standard InChI is InChI=1S/C17H18FN3O4/c18-11-4-6-12(7-5-11)25-15(17(23)24)10-19-16(22)13-9-20-21-8-2-1-3-14(13)21/h4-7,9,15H,1-3,8,10H2,(H,19,22)(H,23,24). The third-order valence-electron chi connectivity index (χ3n) is 4.04. The summed E-state index contributed by atoms with van der Waals surface area (Å²) >= 11 is 0. The second kappa shape index (κ2) is 7.33. The van der Waals surface area contributed by atoms with Gasteiger partial charge in [0.2, 0.25) is 6.10 Å². The Labute approximate surface area is 143 Å². The molecule has 2 N–H and O–H groups in total. The maximum atomic E-state index is 12.9. The highest BCUT2D eigenvalue weighted by molar-refractivity contribution is 5.95. The molecule has 0 radical (unpaired) electrons. The Bertz CT molecular complexity index is 773. The third kappa shape index (κ3) is 3.96. The van der Waals surface area contributed by atoms with Crippen LogP contribution >= 0.6 is 0 Å². The number of fused-ring (bicyclic) bond motifs is 1. The second-order valence-corrected chi connectivity index (χ2v) is 5.79. The number of carbonyl (C=O) groups is 2.